The van der Waals surface area contributed by atoms with Gasteiger partial charge in [0.25, 0.3) is 0 Å². The molecule has 1 unspecified atom stereocenters. The second-order valence-corrected chi connectivity index (χ2v) is 5.86. The Hall–Kier alpha value is -1.39. The Balaban J connectivity index is 4.92. The number of methoxy groups -OCH3 is 2. The SMILES string of the molecule is COC(=O)C(C)(C)C(=O)CC(C)C(C)(C)C(=O)OC. The molecule has 0 rings (SSSR count). The molecule has 0 amide bonds. The van der Waals surface area contributed by atoms with Crippen molar-refractivity contribution in [2.75, 3.05) is 14.2 Å². The molecular weight excluding hydrogens is 248 g/mol. The van der Waals surface area contributed by atoms with Crippen molar-refractivity contribution in [3.63, 3.8) is 0 Å². The van der Waals surface area contributed by atoms with Gasteiger partial charge in [-0.15, -0.1) is 0 Å². The van der Waals surface area contributed by atoms with Gasteiger partial charge in [0.15, 0.2) is 0 Å². The Bertz CT molecular complexity index is 368. The quantitative estimate of drug-likeness (QED) is 0.546. The summed E-state index contributed by atoms with van der Waals surface area (Å²) in [6, 6.07) is 0. The molecule has 0 N–H and O–H groups in total. The van der Waals surface area contributed by atoms with Gasteiger partial charge in [-0.3, -0.25) is 14.4 Å². The van der Waals surface area contributed by atoms with Crippen LogP contribution in [0.15, 0.2) is 0 Å². The molecule has 0 spiro atoms. The van der Waals surface area contributed by atoms with E-state index >= 15 is 0 Å². The molecule has 0 heterocycles. The zero-order valence-electron chi connectivity index (χ0n) is 12.8. The summed E-state index contributed by atoms with van der Waals surface area (Å²) in [7, 11) is 2.57. The Morgan fingerprint density at radius 2 is 1.37 bits per heavy atom. The molecule has 0 saturated carbocycles. The lowest BCUT2D eigenvalue weighted by molar-refractivity contribution is -0.157. The van der Waals surface area contributed by atoms with Gasteiger partial charge >= 0.3 is 11.9 Å². The average molecular weight is 272 g/mol. The topological polar surface area (TPSA) is 69.7 Å². The van der Waals surface area contributed by atoms with Crippen molar-refractivity contribution in [3.8, 4) is 0 Å². The third-order valence-corrected chi connectivity index (χ3v) is 3.83. The predicted octanol–water partition coefficient (Wildman–Crippen LogP) is 1.98. The van der Waals surface area contributed by atoms with Gasteiger partial charge in [-0.1, -0.05) is 6.92 Å². The number of carbonyl (C=O) groups excluding carboxylic acids is 3. The highest BCUT2D eigenvalue weighted by Crippen LogP contribution is 2.33. The zero-order valence-corrected chi connectivity index (χ0v) is 12.8. The first kappa shape index (κ1) is 17.6. The Labute approximate surface area is 114 Å². The van der Waals surface area contributed by atoms with Crippen LogP contribution in [0.1, 0.15) is 41.0 Å². The van der Waals surface area contributed by atoms with E-state index in [-0.39, 0.29) is 24.1 Å². The van der Waals surface area contributed by atoms with Crippen molar-refractivity contribution in [2.45, 2.75) is 41.0 Å². The largest absolute Gasteiger partial charge is 0.469 e. The molecule has 0 aromatic carbocycles. The van der Waals surface area contributed by atoms with Gasteiger partial charge in [-0.25, -0.2) is 0 Å². The van der Waals surface area contributed by atoms with Crippen molar-refractivity contribution >= 4 is 17.7 Å². The summed E-state index contributed by atoms with van der Waals surface area (Å²) in [4.78, 5) is 35.4. The lowest BCUT2D eigenvalue weighted by Crippen LogP contribution is -2.39. The van der Waals surface area contributed by atoms with E-state index in [0.29, 0.717) is 0 Å². The highest BCUT2D eigenvalue weighted by atomic mass is 16.5. The van der Waals surface area contributed by atoms with E-state index in [0.717, 1.165) is 0 Å². The summed E-state index contributed by atoms with van der Waals surface area (Å²) >= 11 is 0. The van der Waals surface area contributed by atoms with E-state index in [4.69, 9.17) is 4.74 Å². The maximum Gasteiger partial charge on any atom is 0.318 e. The molecule has 19 heavy (non-hydrogen) atoms. The Morgan fingerprint density at radius 3 is 1.74 bits per heavy atom. The summed E-state index contributed by atoms with van der Waals surface area (Å²) in [5.41, 5.74) is -1.98. The van der Waals surface area contributed by atoms with Crippen molar-refractivity contribution in [1.29, 1.82) is 0 Å². The Kier molecular flexibility index (Phi) is 5.72. The van der Waals surface area contributed by atoms with E-state index in [2.05, 4.69) is 4.74 Å². The van der Waals surface area contributed by atoms with Crippen molar-refractivity contribution in [1.82, 2.24) is 0 Å². The molecule has 0 saturated heterocycles. The normalized spacial score (nSPS) is 13.6. The summed E-state index contributed by atoms with van der Waals surface area (Å²) in [6.07, 6.45) is 0.115. The van der Waals surface area contributed by atoms with Crippen LogP contribution < -0.4 is 0 Å². The van der Waals surface area contributed by atoms with Crippen LogP contribution in [-0.2, 0) is 23.9 Å². The number of ketones is 1. The molecule has 0 radical (unpaired) electrons. The number of ether oxygens (including phenoxy) is 2. The molecule has 0 aliphatic rings. The van der Waals surface area contributed by atoms with E-state index in [1.807, 2.05) is 0 Å². The van der Waals surface area contributed by atoms with Crippen LogP contribution in [-0.4, -0.2) is 31.9 Å². The third-order valence-electron chi connectivity index (χ3n) is 3.83. The summed E-state index contributed by atoms with van der Waals surface area (Å²) in [6.45, 7) is 8.30. The van der Waals surface area contributed by atoms with Crippen molar-refractivity contribution in [3.05, 3.63) is 0 Å². The lowest BCUT2D eigenvalue weighted by atomic mass is 9.74. The van der Waals surface area contributed by atoms with E-state index in [1.165, 1.54) is 28.1 Å². The van der Waals surface area contributed by atoms with Crippen molar-refractivity contribution < 1.29 is 23.9 Å². The highest BCUT2D eigenvalue weighted by Gasteiger charge is 2.42. The van der Waals surface area contributed by atoms with Crippen LogP contribution in [0.5, 0.6) is 0 Å². The molecule has 0 aliphatic heterocycles. The minimum Gasteiger partial charge on any atom is -0.469 e. The molecular formula is C14H24O5. The molecule has 0 aliphatic carbocycles. The van der Waals surface area contributed by atoms with Gasteiger partial charge in [0.1, 0.15) is 11.2 Å². The zero-order chi connectivity index (χ0) is 15.4. The summed E-state index contributed by atoms with van der Waals surface area (Å²) in [5, 5.41) is 0. The lowest BCUT2D eigenvalue weighted by Gasteiger charge is -2.30. The minimum atomic E-state index is -1.20. The second kappa shape index (κ2) is 6.17. The van der Waals surface area contributed by atoms with Gasteiger partial charge in [0, 0.05) is 6.42 Å². The van der Waals surface area contributed by atoms with Gasteiger partial charge in [0.2, 0.25) is 0 Å². The van der Waals surface area contributed by atoms with Crippen LogP contribution in [0.2, 0.25) is 0 Å². The van der Waals surface area contributed by atoms with E-state index in [1.54, 1.807) is 20.8 Å². The molecule has 0 bridgehead atoms. The summed E-state index contributed by atoms with van der Waals surface area (Å²) < 4.78 is 9.35. The Morgan fingerprint density at radius 1 is 0.947 bits per heavy atom. The number of hydrogen-bond donors (Lipinski definition) is 0. The van der Waals surface area contributed by atoms with Crippen LogP contribution in [0.4, 0.5) is 0 Å². The monoisotopic (exact) mass is 272 g/mol. The number of esters is 2. The van der Waals surface area contributed by atoms with Crippen molar-refractivity contribution in [2.24, 2.45) is 16.7 Å². The van der Waals surface area contributed by atoms with Gasteiger partial charge < -0.3 is 9.47 Å². The van der Waals surface area contributed by atoms with Crippen LogP contribution in [0, 0.1) is 16.7 Å². The first-order chi connectivity index (χ1) is 8.51. The molecule has 0 aromatic heterocycles. The first-order valence-corrected chi connectivity index (χ1v) is 6.21. The van der Waals surface area contributed by atoms with Crippen LogP contribution in [0.25, 0.3) is 0 Å². The third kappa shape index (κ3) is 3.78. The van der Waals surface area contributed by atoms with E-state index in [9.17, 15) is 14.4 Å². The van der Waals surface area contributed by atoms with Crippen LogP contribution >= 0.6 is 0 Å². The number of rotatable bonds is 6. The first-order valence-electron chi connectivity index (χ1n) is 6.21. The number of hydrogen-bond acceptors (Lipinski definition) is 5. The minimum absolute atomic E-state index is 0.115. The molecule has 0 aromatic rings. The number of Topliss-reactive ketones (excluding diaryl/α,β-unsaturated/α-hetero) is 1. The van der Waals surface area contributed by atoms with E-state index < -0.39 is 16.8 Å². The smallest absolute Gasteiger partial charge is 0.318 e. The predicted molar refractivity (Wildman–Crippen MR) is 70.4 cm³/mol. The summed E-state index contributed by atoms with van der Waals surface area (Å²) in [5.74, 6) is -1.43. The molecule has 110 valence electrons. The number of carbonyl (C=O) groups is 3. The fourth-order valence-electron chi connectivity index (χ4n) is 1.62. The standard InChI is InChI=1S/C14H24O5/c1-9(13(2,3)11(16)18-6)8-10(15)14(4,5)12(17)19-7/h9H,8H2,1-7H3. The molecule has 5 nitrogen and oxygen atoms in total. The average Bonchev–Trinajstić information content (AvgIpc) is 2.35. The molecule has 5 heteroatoms. The maximum atomic E-state index is 12.2. The second-order valence-electron chi connectivity index (χ2n) is 5.86. The molecule has 0 fully saturated rings. The molecule has 1 atom stereocenters. The fraction of sp³-hybridized carbons (Fsp3) is 0.786. The van der Waals surface area contributed by atoms with Gasteiger partial charge in [-0.2, -0.15) is 0 Å². The van der Waals surface area contributed by atoms with Gasteiger partial charge in [-0.05, 0) is 33.6 Å². The fourth-order valence-corrected chi connectivity index (χ4v) is 1.62. The van der Waals surface area contributed by atoms with Gasteiger partial charge in [0.05, 0.1) is 19.6 Å². The van der Waals surface area contributed by atoms with Crippen LogP contribution in [0.3, 0.4) is 0 Å². The maximum absolute atomic E-state index is 12.2. The highest BCUT2D eigenvalue weighted by molar-refractivity contribution is 6.03.